The SMILES string of the molecule is COc1ccc(OC)c2sc(N(Cc3cccnc3)C(=O)Cc3ccc(S(=O)(=O)C(C)C)cc3)nc12. The number of ether oxygens (including phenoxy) is 2. The molecule has 188 valence electrons. The maximum Gasteiger partial charge on any atom is 0.233 e. The zero-order chi connectivity index (χ0) is 25.9. The van der Waals surface area contributed by atoms with Gasteiger partial charge in [0.15, 0.2) is 15.0 Å². The number of fused-ring (bicyclic) bond motifs is 1. The van der Waals surface area contributed by atoms with Gasteiger partial charge in [-0.15, -0.1) is 0 Å². The van der Waals surface area contributed by atoms with Crippen LogP contribution in [0, 0.1) is 0 Å². The number of benzene rings is 2. The van der Waals surface area contributed by atoms with E-state index in [0.29, 0.717) is 27.7 Å². The van der Waals surface area contributed by atoms with E-state index in [1.807, 2.05) is 18.2 Å². The molecule has 0 aliphatic carbocycles. The van der Waals surface area contributed by atoms with E-state index in [1.165, 1.54) is 11.3 Å². The third-order valence-electron chi connectivity index (χ3n) is 5.72. The van der Waals surface area contributed by atoms with Gasteiger partial charge in [-0.05, 0) is 55.3 Å². The molecule has 0 radical (unpaired) electrons. The zero-order valence-electron chi connectivity index (χ0n) is 20.5. The fourth-order valence-electron chi connectivity index (χ4n) is 3.67. The minimum Gasteiger partial charge on any atom is -0.495 e. The third-order valence-corrected chi connectivity index (χ3v) is 8.99. The van der Waals surface area contributed by atoms with Gasteiger partial charge in [0.2, 0.25) is 5.91 Å². The van der Waals surface area contributed by atoms with E-state index in [0.717, 1.165) is 10.3 Å². The molecule has 1 amide bonds. The summed E-state index contributed by atoms with van der Waals surface area (Å²) in [6.45, 7) is 3.56. The molecule has 10 heteroatoms. The second-order valence-corrected chi connectivity index (χ2v) is 11.9. The van der Waals surface area contributed by atoms with Crippen molar-refractivity contribution >= 4 is 42.4 Å². The Bertz CT molecular complexity index is 1430. The molecule has 0 saturated heterocycles. The van der Waals surface area contributed by atoms with E-state index in [4.69, 9.17) is 14.5 Å². The minimum atomic E-state index is -3.38. The molecule has 4 aromatic rings. The highest BCUT2D eigenvalue weighted by Gasteiger charge is 2.24. The Morgan fingerprint density at radius 2 is 1.69 bits per heavy atom. The largest absolute Gasteiger partial charge is 0.495 e. The van der Waals surface area contributed by atoms with Crippen LogP contribution in [0.25, 0.3) is 10.2 Å². The Kier molecular flexibility index (Phi) is 7.56. The van der Waals surface area contributed by atoms with Crippen molar-refractivity contribution < 1.29 is 22.7 Å². The summed E-state index contributed by atoms with van der Waals surface area (Å²) in [7, 11) is -0.228. The first-order valence-corrected chi connectivity index (χ1v) is 13.6. The number of methoxy groups -OCH3 is 2. The number of rotatable bonds is 9. The van der Waals surface area contributed by atoms with Crippen LogP contribution in [0.4, 0.5) is 5.13 Å². The molecule has 4 rings (SSSR count). The molecule has 0 aliphatic rings. The summed E-state index contributed by atoms with van der Waals surface area (Å²) in [4.78, 5) is 24.3. The van der Waals surface area contributed by atoms with Gasteiger partial charge in [-0.2, -0.15) is 0 Å². The number of nitrogens with zero attached hydrogens (tertiary/aromatic N) is 3. The van der Waals surface area contributed by atoms with Gasteiger partial charge in [0.1, 0.15) is 21.7 Å². The Hall–Kier alpha value is -3.50. The Balaban J connectivity index is 1.69. The van der Waals surface area contributed by atoms with E-state index in [-0.39, 0.29) is 23.8 Å². The summed E-state index contributed by atoms with van der Waals surface area (Å²) in [5.41, 5.74) is 2.17. The van der Waals surface area contributed by atoms with Crippen molar-refractivity contribution in [1.29, 1.82) is 0 Å². The fraction of sp³-hybridized carbons (Fsp3) is 0.269. The quantitative estimate of drug-likeness (QED) is 0.313. The molecule has 8 nitrogen and oxygen atoms in total. The molecule has 0 N–H and O–H groups in total. The molecule has 36 heavy (non-hydrogen) atoms. The normalized spacial score (nSPS) is 11.6. The number of pyridine rings is 1. The number of carbonyl (C=O) groups is 1. The molecular weight excluding hydrogens is 498 g/mol. The van der Waals surface area contributed by atoms with Crippen molar-refractivity contribution in [1.82, 2.24) is 9.97 Å². The van der Waals surface area contributed by atoms with Crippen LogP contribution in [-0.2, 0) is 27.6 Å². The number of aromatic nitrogens is 2. The van der Waals surface area contributed by atoms with Gasteiger partial charge in [-0.25, -0.2) is 13.4 Å². The van der Waals surface area contributed by atoms with Crippen molar-refractivity contribution in [2.75, 3.05) is 19.1 Å². The predicted molar refractivity (Wildman–Crippen MR) is 141 cm³/mol. The highest BCUT2D eigenvalue weighted by Crippen LogP contribution is 2.40. The Morgan fingerprint density at radius 1 is 1.00 bits per heavy atom. The van der Waals surface area contributed by atoms with E-state index in [1.54, 1.807) is 75.7 Å². The zero-order valence-corrected chi connectivity index (χ0v) is 22.1. The number of hydrogen-bond acceptors (Lipinski definition) is 8. The molecule has 2 aromatic heterocycles. The highest BCUT2D eigenvalue weighted by molar-refractivity contribution is 7.92. The van der Waals surface area contributed by atoms with Crippen LogP contribution in [0.15, 0.2) is 65.8 Å². The van der Waals surface area contributed by atoms with E-state index < -0.39 is 15.1 Å². The number of hydrogen-bond donors (Lipinski definition) is 0. The first-order chi connectivity index (χ1) is 17.2. The number of carbonyl (C=O) groups excluding carboxylic acids is 1. The average molecular weight is 526 g/mol. The molecule has 0 atom stereocenters. The van der Waals surface area contributed by atoms with Crippen molar-refractivity contribution in [3.05, 3.63) is 72.1 Å². The molecular formula is C26H27N3O5S2. The average Bonchev–Trinajstić information content (AvgIpc) is 3.32. The lowest BCUT2D eigenvalue weighted by Gasteiger charge is -2.20. The van der Waals surface area contributed by atoms with Gasteiger partial charge >= 0.3 is 0 Å². The minimum absolute atomic E-state index is 0.0759. The molecule has 0 unspecified atom stereocenters. The first-order valence-electron chi connectivity index (χ1n) is 11.3. The standard InChI is InChI=1S/C26H27N3O5S2/c1-17(2)36(31,32)20-9-7-18(8-10-20)14-23(30)29(16-19-6-5-13-27-15-19)26-28-24-21(33-3)11-12-22(34-4)25(24)35-26/h5-13,15,17H,14,16H2,1-4H3. The van der Waals surface area contributed by atoms with Crippen LogP contribution in [0.2, 0.25) is 0 Å². The molecule has 0 bridgehead atoms. The lowest BCUT2D eigenvalue weighted by atomic mass is 10.1. The maximum absolute atomic E-state index is 13.6. The maximum atomic E-state index is 13.6. The Labute approximate surface area is 214 Å². The van der Waals surface area contributed by atoms with Crippen molar-refractivity contribution in [3.8, 4) is 11.5 Å². The van der Waals surface area contributed by atoms with E-state index in [9.17, 15) is 13.2 Å². The monoisotopic (exact) mass is 525 g/mol. The van der Waals surface area contributed by atoms with E-state index in [2.05, 4.69) is 4.98 Å². The van der Waals surface area contributed by atoms with Crippen LogP contribution in [0.5, 0.6) is 11.5 Å². The van der Waals surface area contributed by atoms with Crippen LogP contribution in [-0.4, -0.2) is 43.8 Å². The first kappa shape index (κ1) is 25.6. The van der Waals surface area contributed by atoms with Crippen molar-refractivity contribution in [2.24, 2.45) is 0 Å². The number of amides is 1. The number of thiazole rings is 1. The molecule has 0 fully saturated rings. The van der Waals surface area contributed by atoms with Gasteiger partial charge in [0.25, 0.3) is 0 Å². The molecule has 0 spiro atoms. The second-order valence-electron chi connectivity index (χ2n) is 8.40. The summed E-state index contributed by atoms with van der Waals surface area (Å²) >= 11 is 1.34. The highest BCUT2D eigenvalue weighted by atomic mass is 32.2. The topological polar surface area (TPSA) is 98.7 Å². The smallest absolute Gasteiger partial charge is 0.233 e. The van der Waals surface area contributed by atoms with Crippen LogP contribution in [0.1, 0.15) is 25.0 Å². The Morgan fingerprint density at radius 3 is 2.31 bits per heavy atom. The molecule has 2 heterocycles. The summed E-state index contributed by atoms with van der Waals surface area (Å²) < 4.78 is 36.6. The van der Waals surface area contributed by atoms with E-state index >= 15 is 0 Å². The number of sulfone groups is 1. The van der Waals surface area contributed by atoms with Crippen LogP contribution in [0.3, 0.4) is 0 Å². The summed E-state index contributed by atoms with van der Waals surface area (Å²) in [6.07, 6.45) is 3.46. The second kappa shape index (κ2) is 10.6. The fourth-order valence-corrected chi connectivity index (χ4v) is 5.82. The number of anilines is 1. The van der Waals surface area contributed by atoms with Crippen molar-refractivity contribution in [2.45, 2.75) is 37.0 Å². The van der Waals surface area contributed by atoms with Crippen molar-refractivity contribution in [3.63, 3.8) is 0 Å². The predicted octanol–water partition coefficient (Wildman–Crippen LogP) is 4.67. The van der Waals surface area contributed by atoms with Gasteiger partial charge in [-0.3, -0.25) is 14.7 Å². The lowest BCUT2D eigenvalue weighted by molar-refractivity contribution is -0.118. The van der Waals surface area contributed by atoms with Gasteiger partial charge < -0.3 is 9.47 Å². The van der Waals surface area contributed by atoms with Crippen LogP contribution < -0.4 is 14.4 Å². The molecule has 2 aromatic carbocycles. The molecule has 0 aliphatic heterocycles. The lowest BCUT2D eigenvalue weighted by Crippen LogP contribution is -2.31. The van der Waals surface area contributed by atoms with Gasteiger partial charge in [0.05, 0.1) is 37.3 Å². The van der Waals surface area contributed by atoms with Crippen LogP contribution >= 0.6 is 11.3 Å². The summed E-state index contributed by atoms with van der Waals surface area (Å²) in [5, 5.41) is -0.0198. The summed E-state index contributed by atoms with van der Waals surface area (Å²) in [5.74, 6) is 1.05. The third kappa shape index (κ3) is 5.19. The van der Waals surface area contributed by atoms with Gasteiger partial charge in [-0.1, -0.05) is 29.5 Å². The summed E-state index contributed by atoms with van der Waals surface area (Å²) in [6, 6.07) is 13.8. The van der Waals surface area contributed by atoms with Gasteiger partial charge in [0, 0.05) is 12.4 Å². The molecule has 0 saturated carbocycles.